The van der Waals surface area contributed by atoms with Crippen LogP contribution < -0.4 is 5.32 Å². The number of carbonyl (C=O) groups is 3. The molecule has 0 saturated carbocycles. The predicted molar refractivity (Wildman–Crippen MR) is 81.9 cm³/mol. The molecule has 7 heteroatoms. The second kappa shape index (κ2) is 7.71. The highest BCUT2D eigenvalue weighted by molar-refractivity contribution is 5.86. The molecule has 3 amide bonds. The summed E-state index contributed by atoms with van der Waals surface area (Å²) in [5, 5.41) is 2.51. The van der Waals surface area contributed by atoms with Crippen LogP contribution in [-0.2, 0) is 20.8 Å². The van der Waals surface area contributed by atoms with E-state index in [9.17, 15) is 18.8 Å². The molecule has 1 heterocycles. The van der Waals surface area contributed by atoms with Gasteiger partial charge in [-0.25, -0.2) is 4.39 Å². The van der Waals surface area contributed by atoms with Crippen LogP contribution in [0.5, 0.6) is 0 Å². The Morgan fingerprint density at radius 2 is 1.70 bits per heavy atom. The van der Waals surface area contributed by atoms with Crippen LogP contribution in [0.3, 0.4) is 0 Å². The van der Waals surface area contributed by atoms with Crippen LogP contribution in [0.25, 0.3) is 0 Å². The smallest absolute Gasteiger partial charge is 0.242 e. The minimum absolute atomic E-state index is 0.00436. The highest BCUT2D eigenvalue weighted by Gasteiger charge is 2.22. The van der Waals surface area contributed by atoms with E-state index in [2.05, 4.69) is 5.32 Å². The van der Waals surface area contributed by atoms with Crippen molar-refractivity contribution >= 4 is 17.7 Å². The molecule has 0 atom stereocenters. The van der Waals surface area contributed by atoms with E-state index in [1.54, 1.807) is 21.9 Å². The molecule has 0 bridgehead atoms. The maximum atomic E-state index is 13.5. The first kappa shape index (κ1) is 16.9. The zero-order chi connectivity index (χ0) is 16.8. The van der Waals surface area contributed by atoms with E-state index in [1.807, 2.05) is 0 Å². The minimum atomic E-state index is -0.436. The molecule has 1 aromatic carbocycles. The number of nitrogens with one attached hydrogen (secondary N) is 1. The normalized spacial score (nSPS) is 14.5. The Kier molecular flexibility index (Phi) is 5.67. The molecule has 1 aromatic rings. The maximum Gasteiger partial charge on any atom is 0.242 e. The average Bonchev–Trinajstić information content (AvgIpc) is 2.55. The molecule has 0 unspecified atom stereocenters. The molecule has 23 heavy (non-hydrogen) atoms. The number of benzene rings is 1. The summed E-state index contributed by atoms with van der Waals surface area (Å²) in [5.74, 6) is -1.04. The highest BCUT2D eigenvalue weighted by atomic mass is 19.1. The first-order valence-electron chi connectivity index (χ1n) is 7.51. The molecule has 0 aliphatic carbocycles. The molecular formula is C16H20FN3O3. The van der Waals surface area contributed by atoms with Crippen molar-refractivity contribution in [2.75, 3.05) is 32.7 Å². The van der Waals surface area contributed by atoms with E-state index in [0.717, 1.165) is 0 Å². The Balaban J connectivity index is 1.75. The fourth-order valence-corrected chi connectivity index (χ4v) is 2.43. The van der Waals surface area contributed by atoms with Crippen LogP contribution in [-0.4, -0.2) is 60.2 Å². The number of nitrogens with zero attached hydrogens (tertiary/aromatic N) is 2. The lowest BCUT2D eigenvalue weighted by Gasteiger charge is -2.34. The van der Waals surface area contributed by atoms with Gasteiger partial charge in [-0.05, 0) is 11.6 Å². The largest absolute Gasteiger partial charge is 0.347 e. The van der Waals surface area contributed by atoms with Gasteiger partial charge in [0, 0.05) is 33.1 Å². The number of rotatable bonds is 4. The third kappa shape index (κ3) is 4.77. The van der Waals surface area contributed by atoms with Crippen LogP contribution in [0, 0.1) is 5.82 Å². The Hall–Kier alpha value is -2.44. The molecule has 0 aromatic heterocycles. The number of hydrogen-bond acceptors (Lipinski definition) is 3. The Bertz CT molecular complexity index is 598. The SMILES string of the molecule is CC(=O)N1CCN(C(=O)CNC(=O)Cc2ccccc2F)CC1. The maximum absolute atomic E-state index is 13.5. The highest BCUT2D eigenvalue weighted by Crippen LogP contribution is 2.07. The molecule has 0 radical (unpaired) electrons. The van der Waals surface area contributed by atoms with Crippen LogP contribution in [0.4, 0.5) is 4.39 Å². The molecule has 1 aliphatic rings. The fourth-order valence-electron chi connectivity index (χ4n) is 2.43. The summed E-state index contributed by atoms with van der Waals surface area (Å²) in [6.45, 7) is 3.31. The molecule has 0 spiro atoms. The van der Waals surface area contributed by atoms with E-state index in [-0.39, 0.29) is 24.8 Å². The number of hydrogen-bond donors (Lipinski definition) is 1. The van der Waals surface area contributed by atoms with Gasteiger partial charge in [0.1, 0.15) is 5.82 Å². The molecule has 6 nitrogen and oxygen atoms in total. The summed E-state index contributed by atoms with van der Waals surface area (Å²) in [6.07, 6.45) is -0.0991. The van der Waals surface area contributed by atoms with Crippen LogP contribution in [0.15, 0.2) is 24.3 Å². The lowest BCUT2D eigenvalue weighted by molar-refractivity contribution is -0.138. The van der Waals surface area contributed by atoms with Gasteiger partial charge in [0.25, 0.3) is 0 Å². The first-order chi connectivity index (χ1) is 11.0. The van der Waals surface area contributed by atoms with Crippen LogP contribution in [0.1, 0.15) is 12.5 Å². The molecule has 124 valence electrons. The zero-order valence-corrected chi connectivity index (χ0v) is 13.0. The summed E-state index contributed by atoms with van der Waals surface area (Å²) < 4.78 is 13.5. The van der Waals surface area contributed by atoms with E-state index in [1.165, 1.54) is 19.1 Å². The molecular weight excluding hydrogens is 301 g/mol. The Morgan fingerprint density at radius 1 is 1.09 bits per heavy atom. The molecule has 2 rings (SSSR count). The van der Waals surface area contributed by atoms with Gasteiger partial charge in [-0.2, -0.15) is 0 Å². The number of carbonyl (C=O) groups excluding carboxylic acids is 3. The summed E-state index contributed by atoms with van der Waals surface area (Å²) in [5.41, 5.74) is 0.299. The van der Waals surface area contributed by atoms with Crippen molar-refractivity contribution in [3.8, 4) is 0 Å². The van der Waals surface area contributed by atoms with Gasteiger partial charge in [0.2, 0.25) is 17.7 Å². The third-order valence-electron chi connectivity index (χ3n) is 3.82. The molecule has 1 aliphatic heterocycles. The minimum Gasteiger partial charge on any atom is -0.347 e. The van der Waals surface area contributed by atoms with E-state index < -0.39 is 11.7 Å². The van der Waals surface area contributed by atoms with E-state index in [0.29, 0.717) is 31.7 Å². The van der Waals surface area contributed by atoms with E-state index in [4.69, 9.17) is 0 Å². The average molecular weight is 321 g/mol. The lowest BCUT2D eigenvalue weighted by Crippen LogP contribution is -2.52. The number of piperazine rings is 1. The van der Waals surface area contributed by atoms with Crippen molar-refractivity contribution < 1.29 is 18.8 Å². The summed E-state index contributed by atoms with van der Waals surface area (Å²) >= 11 is 0. The Labute approximate surface area is 134 Å². The topological polar surface area (TPSA) is 69.7 Å². The summed E-state index contributed by atoms with van der Waals surface area (Å²) in [7, 11) is 0. The second-order valence-corrected chi connectivity index (χ2v) is 5.43. The van der Waals surface area contributed by atoms with Gasteiger partial charge in [-0.15, -0.1) is 0 Å². The van der Waals surface area contributed by atoms with Gasteiger partial charge >= 0.3 is 0 Å². The van der Waals surface area contributed by atoms with Gasteiger partial charge in [-0.3, -0.25) is 14.4 Å². The van der Waals surface area contributed by atoms with Gasteiger partial charge in [0.15, 0.2) is 0 Å². The fraction of sp³-hybridized carbons (Fsp3) is 0.438. The van der Waals surface area contributed by atoms with Crippen molar-refractivity contribution in [2.45, 2.75) is 13.3 Å². The molecule has 1 saturated heterocycles. The van der Waals surface area contributed by atoms with Crippen molar-refractivity contribution in [1.82, 2.24) is 15.1 Å². The van der Waals surface area contributed by atoms with Gasteiger partial charge in [0.05, 0.1) is 13.0 Å². The standard InChI is InChI=1S/C16H20FN3O3/c1-12(21)19-6-8-20(9-7-19)16(23)11-18-15(22)10-13-4-2-3-5-14(13)17/h2-5H,6-11H2,1H3,(H,18,22). The van der Waals surface area contributed by atoms with Crippen molar-refractivity contribution in [1.29, 1.82) is 0 Å². The van der Waals surface area contributed by atoms with Crippen molar-refractivity contribution in [2.24, 2.45) is 0 Å². The zero-order valence-electron chi connectivity index (χ0n) is 13.0. The first-order valence-corrected chi connectivity index (χ1v) is 7.51. The molecule has 1 N–H and O–H groups in total. The van der Waals surface area contributed by atoms with E-state index >= 15 is 0 Å². The van der Waals surface area contributed by atoms with Gasteiger partial charge in [-0.1, -0.05) is 18.2 Å². The number of amides is 3. The quantitative estimate of drug-likeness (QED) is 0.860. The number of halogens is 1. The third-order valence-corrected chi connectivity index (χ3v) is 3.82. The van der Waals surface area contributed by atoms with Crippen LogP contribution >= 0.6 is 0 Å². The van der Waals surface area contributed by atoms with Crippen LogP contribution in [0.2, 0.25) is 0 Å². The van der Waals surface area contributed by atoms with Crippen molar-refractivity contribution in [3.05, 3.63) is 35.6 Å². The monoisotopic (exact) mass is 321 g/mol. The van der Waals surface area contributed by atoms with Gasteiger partial charge < -0.3 is 15.1 Å². The Morgan fingerprint density at radius 3 is 2.30 bits per heavy atom. The second-order valence-electron chi connectivity index (χ2n) is 5.43. The lowest BCUT2D eigenvalue weighted by atomic mass is 10.1. The van der Waals surface area contributed by atoms with Crippen molar-refractivity contribution in [3.63, 3.8) is 0 Å². The molecule has 1 fully saturated rings. The predicted octanol–water partition coefficient (Wildman–Crippen LogP) is 0.175. The summed E-state index contributed by atoms with van der Waals surface area (Å²) in [6, 6.07) is 6.05. The summed E-state index contributed by atoms with van der Waals surface area (Å²) in [4.78, 5) is 38.3.